The summed E-state index contributed by atoms with van der Waals surface area (Å²) in [5.41, 5.74) is 3.49. The fraction of sp³-hybridized carbons (Fsp3) is 0.588. The summed E-state index contributed by atoms with van der Waals surface area (Å²) in [5, 5.41) is 3.33. The maximum Gasteiger partial charge on any atom is 0.253 e. The third kappa shape index (κ3) is 2.73. The third-order valence-corrected chi connectivity index (χ3v) is 4.68. The predicted octanol–water partition coefficient (Wildman–Crippen LogP) is 2.94. The summed E-state index contributed by atoms with van der Waals surface area (Å²) in [6.45, 7) is 5.94. The lowest BCUT2D eigenvalue weighted by molar-refractivity contribution is 0.0686. The molecule has 2 aliphatic heterocycles. The summed E-state index contributed by atoms with van der Waals surface area (Å²) >= 11 is 0. The summed E-state index contributed by atoms with van der Waals surface area (Å²) < 4.78 is 0. The summed E-state index contributed by atoms with van der Waals surface area (Å²) in [6, 6.07) is 6.18. The Kier molecular flexibility index (Phi) is 4.06. The monoisotopic (exact) mass is 272 g/mol. The number of nitrogens with zero attached hydrogens (tertiary/aromatic N) is 1. The summed E-state index contributed by atoms with van der Waals surface area (Å²) in [6.07, 6.45) is 4.92. The molecule has 108 valence electrons. The second-order valence-electron chi connectivity index (χ2n) is 6.11. The average molecular weight is 272 g/mol. The predicted molar refractivity (Wildman–Crippen MR) is 80.5 cm³/mol. The number of nitrogens with one attached hydrogen (secondary N) is 1. The Balaban J connectivity index is 1.65. The van der Waals surface area contributed by atoms with E-state index in [9.17, 15) is 4.79 Å². The largest absolute Gasteiger partial charge is 0.339 e. The molecule has 1 saturated heterocycles. The van der Waals surface area contributed by atoms with Crippen molar-refractivity contribution in [2.24, 2.45) is 5.92 Å². The van der Waals surface area contributed by atoms with Crippen molar-refractivity contribution in [3.63, 3.8) is 0 Å². The molecule has 0 bridgehead atoms. The Bertz CT molecular complexity index is 490. The van der Waals surface area contributed by atoms with E-state index in [2.05, 4.69) is 24.4 Å². The zero-order valence-electron chi connectivity index (χ0n) is 12.3. The highest BCUT2D eigenvalue weighted by atomic mass is 16.2. The van der Waals surface area contributed by atoms with Crippen LogP contribution in [0.5, 0.6) is 0 Å². The van der Waals surface area contributed by atoms with E-state index in [1.54, 1.807) is 0 Å². The lowest BCUT2D eigenvalue weighted by Gasteiger charge is -2.32. The number of carbonyl (C=O) groups excluding carboxylic acids is 1. The van der Waals surface area contributed by atoms with Crippen molar-refractivity contribution in [2.75, 3.05) is 13.1 Å². The van der Waals surface area contributed by atoms with Crippen molar-refractivity contribution in [1.82, 2.24) is 10.2 Å². The number of amides is 1. The van der Waals surface area contributed by atoms with Crippen LogP contribution in [0.3, 0.4) is 0 Å². The molecule has 2 aliphatic rings. The number of hydrogen-bond donors (Lipinski definition) is 1. The van der Waals surface area contributed by atoms with Crippen LogP contribution in [-0.4, -0.2) is 23.9 Å². The fourth-order valence-corrected chi connectivity index (χ4v) is 3.44. The van der Waals surface area contributed by atoms with Crippen molar-refractivity contribution in [2.45, 2.75) is 45.7 Å². The second kappa shape index (κ2) is 5.96. The molecule has 0 atom stereocenters. The Hall–Kier alpha value is -1.35. The molecule has 2 heterocycles. The van der Waals surface area contributed by atoms with Gasteiger partial charge in [-0.1, -0.05) is 25.8 Å². The maximum absolute atomic E-state index is 12.6. The van der Waals surface area contributed by atoms with Gasteiger partial charge in [0.25, 0.3) is 5.91 Å². The van der Waals surface area contributed by atoms with Gasteiger partial charge < -0.3 is 10.2 Å². The molecule has 1 N–H and O–H groups in total. The fourth-order valence-electron chi connectivity index (χ4n) is 3.44. The highest BCUT2D eigenvalue weighted by Gasteiger charge is 2.24. The van der Waals surface area contributed by atoms with E-state index in [4.69, 9.17) is 0 Å². The molecular formula is C17H24N2O. The molecule has 0 unspecified atom stereocenters. The number of carbonyl (C=O) groups is 1. The first-order valence-corrected chi connectivity index (χ1v) is 7.89. The van der Waals surface area contributed by atoms with Crippen molar-refractivity contribution in [3.8, 4) is 0 Å². The van der Waals surface area contributed by atoms with Crippen LogP contribution in [0, 0.1) is 5.92 Å². The topological polar surface area (TPSA) is 32.3 Å². The highest BCUT2D eigenvalue weighted by Crippen LogP contribution is 2.24. The smallest absolute Gasteiger partial charge is 0.253 e. The van der Waals surface area contributed by atoms with E-state index in [1.807, 2.05) is 11.0 Å². The standard InChI is InChI=1S/C17H24N2O/c1-2-3-13-6-8-19(9-7-13)17(20)14-4-5-15-11-18-12-16(15)10-14/h4-5,10,13,18H,2-3,6-9,11-12H2,1H3. The summed E-state index contributed by atoms with van der Waals surface area (Å²) in [7, 11) is 0. The van der Waals surface area contributed by atoms with E-state index in [-0.39, 0.29) is 5.91 Å². The first kappa shape index (κ1) is 13.6. The van der Waals surface area contributed by atoms with Crippen molar-refractivity contribution < 1.29 is 4.79 Å². The Morgan fingerprint density at radius 1 is 1.25 bits per heavy atom. The molecule has 1 fully saturated rings. The Morgan fingerprint density at radius 2 is 2.00 bits per heavy atom. The van der Waals surface area contributed by atoms with Gasteiger partial charge in [0, 0.05) is 31.7 Å². The van der Waals surface area contributed by atoms with Gasteiger partial charge in [-0.15, -0.1) is 0 Å². The molecule has 20 heavy (non-hydrogen) atoms. The molecule has 0 spiro atoms. The van der Waals surface area contributed by atoms with Crippen molar-refractivity contribution in [3.05, 3.63) is 34.9 Å². The van der Waals surface area contributed by atoms with Crippen molar-refractivity contribution >= 4 is 5.91 Å². The van der Waals surface area contributed by atoms with Gasteiger partial charge >= 0.3 is 0 Å². The number of rotatable bonds is 3. The summed E-state index contributed by atoms with van der Waals surface area (Å²) in [5.74, 6) is 1.04. The van der Waals surface area contributed by atoms with Gasteiger partial charge in [0.2, 0.25) is 0 Å². The Labute approximate surface area is 121 Å². The summed E-state index contributed by atoms with van der Waals surface area (Å²) in [4.78, 5) is 14.6. The van der Waals surface area contributed by atoms with E-state index in [1.165, 1.54) is 36.8 Å². The maximum atomic E-state index is 12.6. The number of fused-ring (bicyclic) bond motifs is 1. The van der Waals surface area contributed by atoms with Crippen LogP contribution in [0.25, 0.3) is 0 Å². The molecule has 0 aliphatic carbocycles. The molecule has 3 nitrogen and oxygen atoms in total. The lowest BCUT2D eigenvalue weighted by atomic mass is 9.92. The van der Waals surface area contributed by atoms with Crippen molar-refractivity contribution in [1.29, 1.82) is 0 Å². The number of hydrogen-bond acceptors (Lipinski definition) is 2. The number of piperidine rings is 1. The van der Waals surface area contributed by atoms with Crippen LogP contribution in [0.2, 0.25) is 0 Å². The first-order valence-electron chi connectivity index (χ1n) is 7.89. The average Bonchev–Trinajstić information content (AvgIpc) is 2.95. The molecule has 3 heteroatoms. The zero-order chi connectivity index (χ0) is 13.9. The minimum absolute atomic E-state index is 0.217. The van der Waals surface area contributed by atoms with Gasteiger partial charge in [0.05, 0.1) is 0 Å². The lowest BCUT2D eigenvalue weighted by Crippen LogP contribution is -2.38. The molecule has 0 aromatic heterocycles. The van der Waals surface area contributed by atoms with E-state index < -0.39 is 0 Å². The van der Waals surface area contributed by atoms with Crippen LogP contribution in [-0.2, 0) is 13.1 Å². The number of likely N-dealkylation sites (tertiary alicyclic amines) is 1. The Morgan fingerprint density at radius 3 is 2.75 bits per heavy atom. The van der Waals surface area contributed by atoms with Gasteiger partial charge in [0.1, 0.15) is 0 Å². The molecule has 1 aromatic rings. The van der Waals surface area contributed by atoms with Gasteiger partial charge in [-0.05, 0) is 42.0 Å². The van der Waals surface area contributed by atoms with E-state index >= 15 is 0 Å². The minimum Gasteiger partial charge on any atom is -0.339 e. The third-order valence-electron chi connectivity index (χ3n) is 4.68. The van der Waals surface area contributed by atoms with Crippen LogP contribution < -0.4 is 5.32 Å². The highest BCUT2D eigenvalue weighted by molar-refractivity contribution is 5.94. The molecule has 1 aromatic carbocycles. The quantitative estimate of drug-likeness (QED) is 0.917. The molecule has 0 radical (unpaired) electrons. The van der Waals surface area contributed by atoms with E-state index in [0.29, 0.717) is 0 Å². The molecular weight excluding hydrogens is 248 g/mol. The molecule has 3 rings (SSSR count). The van der Waals surface area contributed by atoms with Crippen LogP contribution in [0.4, 0.5) is 0 Å². The van der Waals surface area contributed by atoms with E-state index in [0.717, 1.165) is 37.7 Å². The van der Waals surface area contributed by atoms with Gasteiger partial charge in [-0.25, -0.2) is 0 Å². The van der Waals surface area contributed by atoms with Crippen LogP contribution in [0.1, 0.15) is 54.1 Å². The minimum atomic E-state index is 0.217. The first-order chi connectivity index (χ1) is 9.78. The SMILES string of the molecule is CCCC1CCN(C(=O)c2ccc3c(c2)CNC3)CC1. The van der Waals surface area contributed by atoms with Crippen LogP contribution >= 0.6 is 0 Å². The van der Waals surface area contributed by atoms with Gasteiger partial charge in [-0.3, -0.25) is 4.79 Å². The second-order valence-corrected chi connectivity index (χ2v) is 6.11. The number of benzene rings is 1. The molecule has 1 amide bonds. The molecule has 0 saturated carbocycles. The zero-order valence-corrected chi connectivity index (χ0v) is 12.3. The normalized spacial score (nSPS) is 19.1. The van der Waals surface area contributed by atoms with Crippen LogP contribution in [0.15, 0.2) is 18.2 Å². The van der Waals surface area contributed by atoms with Gasteiger partial charge in [-0.2, -0.15) is 0 Å². The van der Waals surface area contributed by atoms with Gasteiger partial charge in [0.15, 0.2) is 0 Å².